The number of ether oxygens (including phenoxy) is 1. The highest BCUT2D eigenvalue weighted by Crippen LogP contribution is 2.28. The van der Waals surface area contributed by atoms with Gasteiger partial charge in [-0.1, -0.05) is 42.5 Å². The summed E-state index contributed by atoms with van der Waals surface area (Å²) in [4.78, 5) is 6.98. The molecule has 0 N–H and O–H groups in total. The molecule has 116 valence electrons. The van der Waals surface area contributed by atoms with Gasteiger partial charge in [0.15, 0.2) is 0 Å². The molecule has 2 aromatic carbocycles. The van der Waals surface area contributed by atoms with Crippen LogP contribution in [0, 0.1) is 6.92 Å². The number of benzene rings is 2. The fourth-order valence-electron chi connectivity index (χ4n) is 3.11. The minimum atomic E-state index is 0.268. The number of aromatic nitrogens is 1. The summed E-state index contributed by atoms with van der Waals surface area (Å²) in [6.45, 7) is 4.97. The molecule has 1 saturated heterocycles. The van der Waals surface area contributed by atoms with Gasteiger partial charge in [-0.3, -0.25) is 9.88 Å². The molecule has 0 amide bonds. The SMILES string of the molecule is Cc1cc(OC2CN(Cc3ccccc3)C2)c2ccccc2n1. The van der Waals surface area contributed by atoms with Gasteiger partial charge in [0.05, 0.1) is 5.52 Å². The van der Waals surface area contributed by atoms with E-state index in [1.165, 1.54) is 5.56 Å². The van der Waals surface area contributed by atoms with E-state index in [9.17, 15) is 0 Å². The van der Waals surface area contributed by atoms with Gasteiger partial charge in [0.2, 0.25) is 0 Å². The van der Waals surface area contributed by atoms with Crippen LogP contribution in [0.1, 0.15) is 11.3 Å². The van der Waals surface area contributed by atoms with Gasteiger partial charge in [-0.2, -0.15) is 0 Å². The summed E-state index contributed by atoms with van der Waals surface area (Å²) in [5.41, 5.74) is 3.36. The number of aryl methyl sites for hydroxylation is 1. The fourth-order valence-corrected chi connectivity index (χ4v) is 3.11. The summed E-state index contributed by atoms with van der Waals surface area (Å²) in [6, 6.07) is 20.8. The molecule has 3 nitrogen and oxygen atoms in total. The average molecular weight is 304 g/mol. The van der Waals surface area contributed by atoms with Gasteiger partial charge in [-0.25, -0.2) is 0 Å². The van der Waals surface area contributed by atoms with Crippen LogP contribution >= 0.6 is 0 Å². The van der Waals surface area contributed by atoms with Crippen LogP contribution in [0.25, 0.3) is 10.9 Å². The molecule has 23 heavy (non-hydrogen) atoms. The van der Waals surface area contributed by atoms with Crippen LogP contribution in [-0.4, -0.2) is 29.1 Å². The van der Waals surface area contributed by atoms with E-state index in [1.54, 1.807) is 0 Å². The molecule has 0 atom stereocenters. The van der Waals surface area contributed by atoms with Crippen molar-refractivity contribution >= 4 is 10.9 Å². The lowest BCUT2D eigenvalue weighted by molar-refractivity contribution is 0.0154. The Morgan fingerprint density at radius 2 is 1.78 bits per heavy atom. The van der Waals surface area contributed by atoms with Crippen molar-refractivity contribution in [2.45, 2.75) is 19.6 Å². The van der Waals surface area contributed by atoms with Gasteiger partial charge < -0.3 is 4.74 Å². The minimum absolute atomic E-state index is 0.268. The monoisotopic (exact) mass is 304 g/mol. The van der Waals surface area contributed by atoms with Crippen molar-refractivity contribution in [2.75, 3.05) is 13.1 Å². The van der Waals surface area contributed by atoms with E-state index in [0.29, 0.717) is 0 Å². The Balaban J connectivity index is 1.43. The summed E-state index contributed by atoms with van der Waals surface area (Å²) in [5.74, 6) is 0.956. The van der Waals surface area contributed by atoms with Crippen LogP contribution in [0.5, 0.6) is 5.75 Å². The molecule has 0 spiro atoms. The quantitative estimate of drug-likeness (QED) is 0.733. The summed E-state index contributed by atoms with van der Waals surface area (Å²) in [6.07, 6.45) is 0.268. The largest absolute Gasteiger partial charge is 0.487 e. The zero-order valence-corrected chi connectivity index (χ0v) is 13.3. The highest BCUT2D eigenvalue weighted by atomic mass is 16.5. The normalized spacial score (nSPS) is 15.5. The van der Waals surface area contributed by atoms with Crippen LogP contribution in [0.15, 0.2) is 60.7 Å². The number of pyridine rings is 1. The predicted molar refractivity (Wildman–Crippen MR) is 92.6 cm³/mol. The molecular formula is C20H20N2O. The Hall–Kier alpha value is -2.39. The molecule has 4 rings (SSSR count). The number of para-hydroxylation sites is 1. The Morgan fingerprint density at radius 1 is 1.04 bits per heavy atom. The first-order chi connectivity index (χ1) is 11.3. The third kappa shape index (κ3) is 3.06. The van der Waals surface area contributed by atoms with Gasteiger partial charge >= 0.3 is 0 Å². The van der Waals surface area contributed by atoms with E-state index < -0.39 is 0 Å². The molecule has 1 aliphatic rings. The van der Waals surface area contributed by atoms with Crippen molar-refractivity contribution in [1.82, 2.24) is 9.88 Å². The number of rotatable bonds is 4. The summed E-state index contributed by atoms with van der Waals surface area (Å²) < 4.78 is 6.23. The molecule has 3 heteroatoms. The molecule has 0 saturated carbocycles. The van der Waals surface area contributed by atoms with E-state index in [2.05, 4.69) is 46.3 Å². The molecule has 0 bridgehead atoms. The first-order valence-electron chi connectivity index (χ1n) is 8.07. The first kappa shape index (κ1) is 14.2. The zero-order valence-electron chi connectivity index (χ0n) is 13.3. The highest BCUT2D eigenvalue weighted by molar-refractivity contribution is 5.85. The Bertz CT molecular complexity index is 810. The average Bonchev–Trinajstić information content (AvgIpc) is 2.53. The fraction of sp³-hybridized carbons (Fsp3) is 0.250. The number of nitrogens with zero attached hydrogens (tertiary/aromatic N) is 2. The summed E-state index contributed by atoms with van der Waals surface area (Å²) in [5, 5.41) is 1.10. The second-order valence-corrected chi connectivity index (χ2v) is 6.20. The molecule has 2 heterocycles. The standard InChI is InChI=1S/C20H20N2O/c1-15-11-20(18-9-5-6-10-19(18)21-15)23-17-13-22(14-17)12-16-7-3-2-4-8-16/h2-11,17H,12-14H2,1H3. The maximum atomic E-state index is 6.23. The molecule has 1 aromatic heterocycles. The van der Waals surface area contributed by atoms with Gasteiger partial charge in [0.25, 0.3) is 0 Å². The van der Waals surface area contributed by atoms with Crippen molar-refractivity contribution in [3.63, 3.8) is 0 Å². The minimum Gasteiger partial charge on any atom is -0.487 e. The van der Waals surface area contributed by atoms with E-state index in [-0.39, 0.29) is 6.10 Å². The van der Waals surface area contributed by atoms with Gasteiger partial charge in [0, 0.05) is 36.8 Å². The second kappa shape index (κ2) is 6.01. The van der Waals surface area contributed by atoms with Gasteiger partial charge in [-0.05, 0) is 24.6 Å². The number of likely N-dealkylation sites (tertiary alicyclic amines) is 1. The molecule has 1 fully saturated rings. The second-order valence-electron chi connectivity index (χ2n) is 6.20. The van der Waals surface area contributed by atoms with E-state index >= 15 is 0 Å². The molecule has 0 radical (unpaired) electrons. The highest BCUT2D eigenvalue weighted by Gasteiger charge is 2.28. The van der Waals surface area contributed by atoms with Crippen LogP contribution in [0.3, 0.4) is 0 Å². The zero-order chi connectivity index (χ0) is 15.6. The van der Waals surface area contributed by atoms with Crippen LogP contribution < -0.4 is 4.74 Å². The lowest BCUT2D eigenvalue weighted by Gasteiger charge is -2.39. The Labute approximate surface area is 136 Å². The lowest BCUT2D eigenvalue weighted by Crippen LogP contribution is -2.53. The number of fused-ring (bicyclic) bond motifs is 1. The summed E-state index contributed by atoms with van der Waals surface area (Å²) in [7, 11) is 0. The molecule has 0 aliphatic carbocycles. The smallest absolute Gasteiger partial charge is 0.131 e. The Kier molecular flexibility index (Phi) is 3.72. The van der Waals surface area contributed by atoms with Crippen LogP contribution in [-0.2, 0) is 6.54 Å². The van der Waals surface area contributed by atoms with E-state index in [0.717, 1.165) is 42.0 Å². The van der Waals surface area contributed by atoms with E-state index in [1.807, 2.05) is 31.2 Å². The topological polar surface area (TPSA) is 25.4 Å². The maximum absolute atomic E-state index is 6.23. The maximum Gasteiger partial charge on any atom is 0.131 e. The summed E-state index contributed by atoms with van der Waals surface area (Å²) >= 11 is 0. The molecule has 1 aliphatic heterocycles. The van der Waals surface area contributed by atoms with Crippen LogP contribution in [0.4, 0.5) is 0 Å². The molecule has 0 unspecified atom stereocenters. The van der Waals surface area contributed by atoms with E-state index in [4.69, 9.17) is 4.74 Å². The number of hydrogen-bond donors (Lipinski definition) is 0. The lowest BCUT2D eigenvalue weighted by atomic mass is 10.1. The van der Waals surface area contributed by atoms with Crippen molar-refractivity contribution in [1.29, 1.82) is 0 Å². The first-order valence-corrected chi connectivity index (χ1v) is 8.07. The molecular weight excluding hydrogens is 284 g/mol. The Morgan fingerprint density at radius 3 is 2.61 bits per heavy atom. The van der Waals surface area contributed by atoms with Crippen molar-refractivity contribution < 1.29 is 4.74 Å². The van der Waals surface area contributed by atoms with Crippen LogP contribution in [0.2, 0.25) is 0 Å². The van der Waals surface area contributed by atoms with Gasteiger partial charge in [-0.15, -0.1) is 0 Å². The predicted octanol–water partition coefficient (Wildman–Crippen LogP) is 3.81. The van der Waals surface area contributed by atoms with Crippen molar-refractivity contribution in [3.8, 4) is 5.75 Å². The van der Waals surface area contributed by atoms with Gasteiger partial charge in [0.1, 0.15) is 11.9 Å². The number of hydrogen-bond acceptors (Lipinski definition) is 3. The van der Waals surface area contributed by atoms with Crippen molar-refractivity contribution in [2.24, 2.45) is 0 Å². The third-order valence-electron chi connectivity index (χ3n) is 4.27. The molecule has 3 aromatic rings. The third-order valence-corrected chi connectivity index (χ3v) is 4.27. The van der Waals surface area contributed by atoms with Crippen molar-refractivity contribution in [3.05, 3.63) is 71.9 Å².